The van der Waals surface area contributed by atoms with E-state index in [1.165, 1.54) is 4.80 Å². The van der Waals surface area contributed by atoms with Gasteiger partial charge in [0.25, 0.3) is 11.8 Å². The highest BCUT2D eigenvalue weighted by molar-refractivity contribution is 5.95. The molecule has 3 amide bonds. The molecule has 3 aliphatic rings. The number of carbonyl (C=O) groups is 3. The summed E-state index contributed by atoms with van der Waals surface area (Å²) < 4.78 is 0. The molecule has 0 radical (unpaired) electrons. The number of likely N-dealkylation sites (tertiary alicyclic amines) is 1. The van der Waals surface area contributed by atoms with Gasteiger partial charge in [-0.15, -0.1) is 10.2 Å². The Morgan fingerprint density at radius 1 is 0.933 bits per heavy atom. The van der Waals surface area contributed by atoms with Gasteiger partial charge in [-0.2, -0.15) is 4.80 Å². The van der Waals surface area contributed by atoms with Crippen molar-refractivity contribution in [2.75, 3.05) is 28.2 Å². The number of rotatable bonds is 8. The van der Waals surface area contributed by atoms with E-state index in [1.54, 1.807) is 45.0 Å². The van der Waals surface area contributed by atoms with Crippen LogP contribution in [0.5, 0.6) is 0 Å². The van der Waals surface area contributed by atoms with Crippen LogP contribution in [0.25, 0.3) is 4.85 Å². The molecule has 11 heteroatoms. The number of fused-ring (bicyclic) bond motifs is 3. The highest BCUT2D eigenvalue weighted by Gasteiger charge is 2.57. The van der Waals surface area contributed by atoms with Gasteiger partial charge in [0.05, 0.1) is 12.5 Å². The molecule has 1 saturated heterocycles. The van der Waals surface area contributed by atoms with Crippen molar-refractivity contribution < 1.29 is 14.4 Å². The molecule has 2 aliphatic carbocycles. The minimum atomic E-state index is -0.813. The molecule has 3 atom stereocenters. The minimum Gasteiger partial charge on any atom is -0.345 e. The summed E-state index contributed by atoms with van der Waals surface area (Å²) in [6.45, 7) is 7.55. The van der Waals surface area contributed by atoms with E-state index < -0.39 is 5.41 Å². The summed E-state index contributed by atoms with van der Waals surface area (Å²) in [6, 6.07) is 12.0. The van der Waals surface area contributed by atoms with Gasteiger partial charge in [0.15, 0.2) is 5.82 Å². The summed E-state index contributed by atoms with van der Waals surface area (Å²) in [7, 11) is 8.72. The lowest BCUT2D eigenvalue weighted by atomic mass is 9.68. The van der Waals surface area contributed by atoms with Crippen molar-refractivity contribution in [2.45, 2.75) is 69.0 Å². The summed E-state index contributed by atoms with van der Waals surface area (Å²) in [5.41, 5.74) is 4.48. The molecular formula is C34H40N8O3. The van der Waals surface area contributed by atoms with E-state index in [-0.39, 0.29) is 29.9 Å². The first kappa shape index (κ1) is 30.4. The van der Waals surface area contributed by atoms with Crippen LogP contribution in [0.3, 0.4) is 0 Å². The molecule has 0 bridgehead atoms. The van der Waals surface area contributed by atoms with E-state index in [2.05, 4.69) is 15.2 Å². The van der Waals surface area contributed by atoms with Crippen LogP contribution in [0.1, 0.15) is 87.3 Å². The third kappa shape index (κ3) is 5.36. The first-order chi connectivity index (χ1) is 21.5. The van der Waals surface area contributed by atoms with Gasteiger partial charge in [-0.25, -0.2) is 6.57 Å². The van der Waals surface area contributed by atoms with Crippen molar-refractivity contribution in [1.82, 2.24) is 34.9 Å². The molecule has 6 rings (SSSR count). The molecule has 0 spiro atoms. The fourth-order valence-corrected chi connectivity index (χ4v) is 7.40. The lowest BCUT2D eigenvalue weighted by molar-refractivity contribution is -0.132. The van der Waals surface area contributed by atoms with Crippen LogP contribution in [0.4, 0.5) is 0 Å². The van der Waals surface area contributed by atoms with Crippen molar-refractivity contribution >= 4 is 17.7 Å². The zero-order valence-corrected chi connectivity index (χ0v) is 26.7. The number of piperidine rings is 1. The van der Waals surface area contributed by atoms with E-state index in [4.69, 9.17) is 11.7 Å². The second-order valence-corrected chi connectivity index (χ2v) is 13.1. The SMILES string of the molecule is [C-]#[N+][C@@H]1C[C@@H]2C[C@@H]2N1C(=O)CCCCC1(c2nnn(C)n2)c2ccc(C(=O)N(C)C)cc2CCc2cc(C(=O)N(C)C)ccc21. The Balaban J connectivity index is 1.41. The van der Waals surface area contributed by atoms with Gasteiger partial charge >= 0.3 is 6.17 Å². The molecule has 1 aliphatic heterocycles. The Labute approximate surface area is 264 Å². The number of aromatic nitrogens is 4. The Hall–Kier alpha value is -4.59. The predicted octanol–water partition coefficient (Wildman–Crippen LogP) is 3.47. The number of amides is 3. The second-order valence-electron chi connectivity index (χ2n) is 13.1. The topological polar surface area (TPSA) is 109 Å². The Kier molecular flexibility index (Phi) is 7.93. The zero-order valence-electron chi connectivity index (χ0n) is 26.7. The normalized spacial score (nSPS) is 20.7. The number of aryl methyl sites for hydroxylation is 3. The fraction of sp³-hybridized carbons (Fsp3) is 0.500. The third-order valence-corrected chi connectivity index (χ3v) is 9.70. The number of hydrogen-bond donors (Lipinski definition) is 0. The number of unbranched alkanes of at least 4 members (excludes halogenated alkanes) is 1. The molecular weight excluding hydrogens is 568 g/mol. The molecule has 0 unspecified atom stereocenters. The first-order valence-electron chi connectivity index (χ1n) is 15.7. The lowest BCUT2D eigenvalue weighted by Crippen LogP contribution is -2.36. The van der Waals surface area contributed by atoms with Gasteiger partial charge in [0.2, 0.25) is 5.91 Å². The Morgan fingerprint density at radius 2 is 1.53 bits per heavy atom. The van der Waals surface area contributed by atoms with E-state index in [9.17, 15) is 14.4 Å². The van der Waals surface area contributed by atoms with Gasteiger partial charge in [-0.3, -0.25) is 24.1 Å². The first-order valence-corrected chi connectivity index (χ1v) is 15.7. The fourth-order valence-electron chi connectivity index (χ4n) is 7.40. The minimum absolute atomic E-state index is 0.0630. The van der Waals surface area contributed by atoms with Gasteiger partial charge in [-0.05, 0) is 89.8 Å². The number of nitrogens with zero attached hydrogens (tertiary/aromatic N) is 8. The van der Waals surface area contributed by atoms with Gasteiger partial charge in [-0.1, -0.05) is 18.6 Å². The molecule has 1 saturated carbocycles. The van der Waals surface area contributed by atoms with Crippen LogP contribution in [0, 0.1) is 12.5 Å². The molecule has 1 aromatic heterocycles. The molecule has 0 N–H and O–H groups in total. The second kappa shape index (κ2) is 11.7. The van der Waals surface area contributed by atoms with E-state index in [1.807, 2.05) is 41.3 Å². The van der Waals surface area contributed by atoms with Crippen molar-refractivity contribution in [3.8, 4) is 0 Å². The zero-order chi connectivity index (χ0) is 32.0. The maximum absolute atomic E-state index is 13.3. The Morgan fingerprint density at radius 3 is 2.04 bits per heavy atom. The number of tetrazole rings is 1. The maximum Gasteiger partial charge on any atom is 0.301 e. The predicted molar refractivity (Wildman–Crippen MR) is 167 cm³/mol. The quantitative estimate of drug-likeness (QED) is 0.286. The highest BCUT2D eigenvalue weighted by atomic mass is 16.2. The molecule has 2 heterocycles. The van der Waals surface area contributed by atoms with E-state index >= 15 is 0 Å². The van der Waals surface area contributed by atoms with Gasteiger partial charge in [0.1, 0.15) is 0 Å². The summed E-state index contributed by atoms with van der Waals surface area (Å²) in [6.07, 6.45) is 5.17. The molecule has 11 nitrogen and oxygen atoms in total. The maximum atomic E-state index is 13.3. The largest absolute Gasteiger partial charge is 0.345 e. The molecule has 2 aromatic carbocycles. The number of carbonyl (C=O) groups excluding carboxylic acids is 3. The van der Waals surface area contributed by atoms with Crippen molar-refractivity contribution in [1.29, 1.82) is 0 Å². The summed E-state index contributed by atoms with van der Waals surface area (Å²) in [5.74, 6) is 0.961. The molecule has 45 heavy (non-hydrogen) atoms. The average Bonchev–Trinajstić information content (AvgIpc) is 3.52. The summed E-state index contributed by atoms with van der Waals surface area (Å²) in [5, 5.41) is 13.6. The van der Waals surface area contributed by atoms with Crippen LogP contribution < -0.4 is 0 Å². The van der Waals surface area contributed by atoms with Gasteiger partial charge < -0.3 is 9.80 Å². The van der Waals surface area contributed by atoms with Crippen LogP contribution in [0.2, 0.25) is 0 Å². The van der Waals surface area contributed by atoms with Crippen LogP contribution in [0.15, 0.2) is 36.4 Å². The number of hydrogen-bond acceptors (Lipinski definition) is 6. The molecule has 2 fully saturated rings. The third-order valence-electron chi connectivity index (χ3n) is 9.70. The van der Waals surface area contributed by atoms with Gasteiger partial charge in [0, 0.05) is 58.2 Å². The smallest absolute Gasteiger partial charge is 0.301 e. The molecule has 234 valence electrons. The monoisotopic (exact) mass is 608 g/mol. The van der Waals surface area contributed by atoms with Crippen molar-refractivity contribution in [2.24, 2.45) is 13.0 Å². The lowest BCUT2D eigenvalue weighted by Gasteiger charge is -2.34. The van der Waals surface area contributed by atoms with E-state index in [0.29, 0.717) is 61.4 Å². The standard InChI is InChI=1S/C34H40N8O3/c1-35-29-20-25-19-28(25)42(29)30(43)9-7-8-16-34(33-36-38-41(6)37-33)26-14-12-23(31(44)39(2)3)17-21(26)10-11-22-18-24(13-15-27(22)34)32(45)40(4)5/h12-15,17-18,25,28-29H,7-11,16,19-20H2,2-6H3/t25-,28-,29-/m0/s1. The highest BCUT2D eigenvalue weighted by Crippen LogP contribution is 2.49. The van der Waals surface area contributed by atoms with Crippen LogP contribution in [-0.2, 0) is 30.1 Å². The summed E-state index contributed by atoms with van der Waals surface area (Å²) >= 11 is 0. The summed E-state index contributed by atoms with van der Waals surface area (Å²) in [4.78, 5) is 49.5. The van der Waals surface area contributed by atoms with Crippen LogP contribution in [-0.4, -0.2) is 93.0 Å². The number of benzene rings is 2. The van der Waals surface area contributed by atoms with E-state index in [0.717, 1.165) is 35.1 Å². The van der Waals surface area contributed by atoms with Crippen molar-refractivity contribution in [3.63, 3.8) is 0 Å². The average molecular weight is 609 g/mol. The van der Waals surface area contributed by atoms with Crippen molar-refractivity contribution in [3.05, 3.63) is 87.0 Å². The van der Waals surface area contributed by atoms with Crippen LogP contribution >= 0.6 is 0 Å². The Bertz CT molecular complexity index is 1630. The molecule has 3 aromatic rings.